The second-order valence-corrected chi connectivity index (χ2v) is 6.86. The molecule has 1 saturated heterocycles. The van der Waals surface area contributed by atoms with Gasteiger partial charge in [-0.15, -0.1) is 0 Å². The first-order chi connectivity index (χ1) is 8.13. The summed E-state index contributed by atoms with van der Waals surface area (Å²) in [5, 5.41) is 2.96. The highest BCUT2D eigenvalue weighted by Crippen LogP contribution is 2.22. The summed E-state index contributed by atoms with van der Waals surface area (Å²) in [6, 6.07) is 0. The normalized spacial score (nSPS) is 22.8. The Morgan fingerprint density at radius 3 is 3.06 bits per heavy atom. The van der Waals surface area contributed by atoms with Crippen molar-refractivity contribution in [3.05, 3.63) is 12.4 Å². The van der Waals surface area contributed by atoms with Crippen LogP contribution < -0.4 is 5.32 Å². The van der Waals surface area contributed by atoms with Crippen molar-refractivity contribution in [2.45, 2.75) is 38.0 Å². The van der Waals surface area contributed by atoms with Crippen molar-refractivity contribution < 1.29 is 8.42 Å². The molecule has 0 bridgehead atoms. The standard InChI is InChI=1S/C11H19N3O2S/c1-2-5-12-11-13-6-7-14(11)9-10-4-3-8-17(10,15)16/h6-7,10H,2-5,8-9H2,1H3,(H,12,13). The molecule has 1 atom stereocenters. The van der Waals surface area contributed by atoms with Gasteiger partial charge in [0.15, 0.2) is 9.84 Å². The van der Waals surface area contributed by atoms with Crippen molar-refractivity contribution in [1.82, 2.24) is 9.55 Å². The number of nitrogens with one attached hydrogen (secondary N) is 1. The Morgan fingerprint density at radius 2 is 2.41 bits per heavy atom. The number of nitrogens with zero attached hydrogens (tertiary/aromatic N) is 2. The highest BCUT2D eigenvalue weighted by atomic mass is 32.2. The van der Waals surface area contributed by atoms with Crippen molar-refractivity contribution in [3.8, 4) is 0 Å². The highest BCUT2D eigenvalue weighted by molar-refractivity contribution is 7.92. The van der Waals surface area contributed by atoms with Gasteiger partial charge in [-0.3, -0.25) is 0 Å². The average Bonchev–Trinajstić information content (AvgIpc) is 2.84. The van der Waals surface area contributed by atoms with Gasteiger partial charge < -0.3 is 9.88 Å². The van der Waals surface area contributed by atoms with Crippen LogP contribution >= 0.6 is 0 Å². The molecule has 1 aromatic heterocycles. The molecule has 1 aromatic rings. The topological polar surface area (TPSA) is 64.0 Å². The minimum atomic E-state index is -2.88. The second-order valence-electron chi connectivity index (χ2n) is 4.46. The zero-order chi connectivity index (χ0) is 12.3. The largest absolute Gasteiger partial charge is 0.356 e. The van der Waals surface area contributed by atoms with Crippen LogP contribution in [0.5, 0.6) is 0 Å². The first-order valence-corrected chi connectivity index (χ1v) is 7.81. The molecule has 1 N–H and O–H groups in total. The van der Waals surface area contributed by atoms with Crippen LogP contribution in [0.1, 0.15) is 26.2 Å². The van der Waals surface area contributed by atoms with E-state index in [0.29, 0.717) is 12.3 Å². The quantitative estimate of drug-likeness (QED) is 0.863. The molecule has 0 spiro atoms. The van der Waals surface area contributed by atoms with Gasteiger partial charge in [0.05, 0.1) is 11.0 Å². The van der Waals surface area contributed by atoms with Crippen molar-refractivity contribution in [2.75, 3.05) is 17.6 Å². The monoisotopic (exact) mass is 257 g/mol. The number of hydrogen-bond acceptors (Lipinski definition) is 4. The third-order valence-electron chi connectivity index (χ3n) is 3.11. The summed E-state index contributed by atoms with van der Waals surface area (Å²) < 4.78 is 25.4. The van der Waals surface area contributed by atoms with E-state index in [9.17, 15) is 8.42 Å². The molecular weight excluding hydrogens is 238 g/mol. The van der Waals surface area contributed by atoms with E-state index in [2.05, 4.69) is 17.2 Å². The van der Waals surface area contributed by atoms with Gasteiger partial charge in [0.1, 0.15) is 0 Å². The molecule has 1 fully saturated rings. The maximum atomic E-state index is 11.8. The molecule has 5 nitrogen and oxygen atoms in total. The van der Waals surface area contributed by atoms with Gasteiger partial charge in [-0.25, -0.2) is 13.4 Å². The molecule has 0 saturated carbocycles. The minimum Gasteiger partial charge on any atom is -0.356 e. The lowest BCUT2D eigenvalue weighted by Gasteiger charge is -2.13. The van der Waals surface area contributed by atoms with Gasteiger partial charge >= 0.3 is 0 Å². The Morgan fingerprint density at radius 1 is 1.59 bits per heavy atom. The zero-order valence-corrected chi connectivity index (χ0v) is 10.9. The lowest BCUT2D eigenvalue weighted by atomic mass is 10.2. The van der Waals surface area contributed by atoms with Gasteiger partial charge in [-0.05, 0) is 19.3 Å². The van der Waals surface area contributed by atoms with E-state index in [-0.39, 0.29) is 5.25 Å². The number of aromatic nitrogens is 2. The summed E-state index contributed by atoms with van der Waals surface area (Å²) >= 11 is 0. The predicted octanol–water partition coefficient (Wildman–Crippen LogP) is 1.28. The van der Waals surface area contributed by atoms with Crippen LogP contribution in [0.15, 0.2) is 12.4 Å². The summed E-state index contributed by atoms with van der Waals surface area (Å²) in [7, 11) is -2.88. The lowest BCUT2D eigenvalue weighted by Crippen LogP contribution is -2.23. The van der Waals surface area contributed by atoms with Crippen LogP contribution in [0.3, 0.4) is 0 Å². The number of hydrogen-bond donors (Lipinski definition) is 1. The van der Waals surface area contributed by atoms with E-state index in [1.165, 1.54) is 0 Å². The highest BCUT2D eigenvalue weighted by Gasteiger charge is 2.31. The van der Waals surface area contributed by atoms with Crippen LogP contribution in [0.25, 0.3) is 0 Å². The number of imidazole rings is 1. The van der Waals surface area contributed by atoms with Crippen molar-refractivity contribution in [3.63, 3.8) is 0 Å². The maximum Gasteiger partial charge on any atom is 0.202 e. The summed E-state index contributed by atoms with van der Waals surface area (Å²) in [6.45, 7) is 3.46. The molecule has 0 aliphatic carbocycles. The smallest absolute Gasteiger partial charge is 0.202 e. The molecule has 6 heteroatoms. The van der Waals surface area contributed by atoms with E-state index in [4.69, 9.17) is 0 Å². The van der Waals surface area contributed by atoms with E-state index in [1.807, 2.05) is 10.8 Å². The lowest BCUT2D eigenvalue weighted by molar-refractivity contribution is 0.567. The Hall–Kier alpha value is -1.04. The van der Waals surface area contributed by atoms with Gasteiger partial charge in [0.2, 0.25) is 5.95 Å². The Balaban J connectivity index is 2.06. The number of rotatable bonds is 5. The van der Waals surface area contributed by atoms with Crippen molar-refractivity contribution >= 4 is 15.8 Å². The van der Waals surface area contributed by atoms with Crippen molar-refractivity contribution in [1.29, 1.82) is 0 Å². The average molecular weight is 257 g/mol. The minimum absolute atomic E-state index is 0.237. The molecule has 2 heterocycles. The van der Waals surface area contributed by atoms with Crippen LogP contribution in [0.4, 0.5) is 5.95 Å². The summed E-state index contributed by atoms with van der Waals surface area (Å²) in [5.74, 6) is 1.11. The first-order valence-electron chi connectivity index (χ1n) is 6.10. The fraction of sp³-hybridized carbons (Fsp3) is 0.727. The molecule has 1 aliphatic rings. The van der Waals surface area contributed by atoms with E-state index < -0.39 is 9.84 Å². The van der Waals surface area contributed by atoms with Crippen LogP contribution in [-0.2, 0) is 16.4 Å². The third kappa shape index (κ3) is 2.80. The third-order valence-corrected chi connectivity index (χ3v) is 5.37. The van der Waals surface area contributed by atoms with Crippen LogP contribution in [-0.4, -0.2) is 35.5 Å². The molecule has 1 unspecified atom stereocenters. The fourth-order valence-corrected chi connectivity index (χ4v) is 3.96. The van der Waals surface area contributed by atoms with E-state index >= 15 is 0 Å². The van der Waals surface area contributed by atoms with Gasteiger partial charge in [-0.1, -0.05) is 6.92 Å². The van der Waals surface area contributed by atoms with Gasteiger partial charge in [-0.2, -0.15) is 0 Å². The number of sulfone groups is 1. The Labute approximate surface area is 102 Å². The SMILES string of the molecule is CCCNc1nccn1CC1CCCS1(=O)=O. The summed E-state index contributed by atoms with van der Waals surface area (Å²) in [5.41, 5.74) is 0. The molecule has 17 heavy (non-hydrogen) atoms. The van der Waals surface area contributed by atoms with Crippen LogP contribution in [0, 0.1) is 0 Å². The Kier molecular flexibility index (Phi) is 3.71. The van der Waals surface area contributed by atoms with Crippen molar-refractivity contribution in [2.24, 2.45) is 0 Å². The molecule has 0 radical (unpaired) electrons. The first kappa shape index (κ1) is 12.4. The fourth-order valence-electron chi connectivity index (χ4n) is 2.14. The Bertz CT molecular complexity index is 467. The van der Waals surface area contributed by atoms with E-state index in [0.717, 1.165) is 31.8 Å². The summed E-state index contributed by atoms with van der Waals surface area (Å²) in [6.07, 6.45) is 6.13. The van der Waals surface area contributed by atoms with Gasteiger partial charge in [0, 0.05) is 25.5 Å². The second kappa shape index (κ2) is 5.08. The molecule has 0 amide bonds. The predicted molar refractivity (Wildman–Crippen MR) is 67.8 cm³/mol. The molecule has 1 aliphatic heterocycles. The molecular formula is C11H19N3O2S. The van der Waals surface area contributed by atoms with Crippen LogP contribution in [0.2, 0.25) is 0 Å². The number of anilines is 1. The molecule has 0 aromatic carbocycles. The maximum absolute atomic E-state index is 11.8. The van der Waals surface area contributed by atoms with Gasteiger partial charge in [0.25, 0.3) is 0 Å². The molecule has 96 valence electrons. The zero-order valence-electron chi connectivity index (χ0n) is 10.1. The summed E-state index contributed by atoms with van der Waals surface area (Å²) in [4.78, 5) is 4.20. The van der Waals surface area contributed by atoms with E-state index in [1.54, 1.807) is 6.20 Å². The molecule has 2 rings (SSSR count).